The minimum absolute atomic E-state index is 0.172. The second-order valence-electron chi connectivity index (χ2n) is 19.7. The number of ether oxygens (including phenoxy) is 8. The molecule has 18 heteroatoms. The van der Waals surface area contributed by atoms with Crippen LogP contribution in [0.2, 0.25) is 0 Å². The van der Waals surface area contributed by atoms with Crippen molar-refractivity contribution in [3.63, 3.8) is 0 Å². The average molecular weight is 1160 g/mol. The van der Waals surface area contributed by atoms with Gasteiger partial charge in [-0.25, -0.2) is 19.6 Å². The monoisotopic (exact) mass is 1160 g/mol. The van der Waals surface area contributed by atoms with Crippen molar-refractivity contribution in [3.8, 4) is 102 Å². The molecule has 4 aromatic heterocycles. The van der Waals surface area contributed by atoms with E-state index in [2.05, 4.69) is 21.3 Å². The van der Waals surface area contributed by atoms with Gasteiger partial charge in [-0.05, 0) is 168 Å². The van der Waals surface area contributed by atoms with Crippen molar-refractivity contribution in [1.29, 1.82) is 0 Å². The molecular formula is C68H70N8O10. The highest BCUT2D eigenvalue weighted by atomic mass is 16.6. The molecule has 0 aliphatic carbocycles. The molecule has 18 nitrogen and oxygen atoms in total. The maximum atomic E-state index is 13.0. The van der Waals surface area contributed by atoms with Gasteiger partial charge in [0.2, 0.25) is 0 Å². The molecule has 442 valence electrons. The lowest BCUT2D eigenvalue weighted by atomic mass is 10.0. The highest BCUT2D eigenvalue weighted by Gasteiger charge is 2.16. The third kappa shape index (κ3) is 17.3. The Morgan fingerprint density at radius 3 is 0.988 bits per heavy atom. The molecule has 5 aromatic carbocycles. The van der Waals surface area contributed by atoms with Gasteiger partial charge in [-0.1, -0.05) is 60.7 Å². The van der Waals surface area contributed by atoms with Crippen LogP contribution < -0.4 is 49.7 Å². The van der Waals surface area contributed by atoms with Crippen molar-refractivity contribution in [2.75, 3.05) is 81.2 Å². The number of methoxy groups -OCH3 is 4. The van der Waals surface area contributed by atoms with E-state index in [1.165, 1.54) is 0 Å². The van der Waals surface area contributed by atoms with Crippen LogP contribution >= 0.6 is 0 Å². The quantitative estimate of drug-likeness (QED) is 0.0337. The first kappa shape index (κ1) is 60.5. The molecule has 86 heavy (non-hydrogen) atoms. The summed E-state index contributed by atoms with van der Waals surface area (Å²) < 4.78 is 45.0. The van der Waals surface area contributed by atoms with Crippen LogP contribution in [0.1, 0.15) is 22.8 Å². The van der Waals surface area contributed by atoms with E-state index in [4.69, 9.17) is 57.8 Å². The predicted molar refractivity (Wildman–Crippen MR) is 332 cm³/mol. The van der Waals surface area contributed by atoms with E-state index in [9.17, 15) is 9.59 Å². The Hall–Kier alpha value is -10.0. The lowest BCUT2D eigenvalue weighted by Gasteiger charge is -2.14. The number of hydrogen-bond donors (Lipinski definition) is 4. The second kappa shape index (κ2) is 30.5. The topological polar surface area (TPSA) is 208 Å². The molecule has 9 aromatic rings. The van der Waals surface area contributed by atoms with Crippen molar-refractivity contribution in [3.05, 3.63) is 193 Å². The Bertz CT molecular complexity index is 3440. The summed E-state index contributed by atoms with van der Waals surface area (Å²) in [5, 5.41) is 11.6. The largest absolute Gasteiger partial charge is 0.497 e. The summed E-state index contributed by atoms with van der Waals surface area (Å²) in [5.74, 6) is 4.16. The Morgan fingerprint density at radius 1 is 0.349 bits per heavy atom. The van der Waals surface area contributed by atoms with Crippen LogP contribution in [0.3, 0.4) is 0 Å². The van der Waals surface area contributed by atoms with E-state index in [-0.39, 0.29) is 77.9 Å². The number of benzene rings is 5. The zero-order valence-electron chi connectivity index (χ0n) is 49.1. The van der Waals surface area contributed by atoms with Crippen LogP contribution in [0.25, 0.3) is 67.3 Å². The van der Waals surface area contributed by atoms with Crippen LogP contribution in [-0.4, -0.2) is 113 Å². The molecule has 0 aliphatic heterocycles. The van der Waals surface area contributed by atoms with E-state index in [0.717, 1.165) is 78.9 Å². The molecule has 0 unspecified atom stereocenters. The number of nitrogens with one attached hydrogen (secondary N) is 4. The minimum Gasteiger partial charge on any atom is -0.497 e. The molecule has 0 aliphatic rings. The number of para-hydroxylation sites is 2. The van der Waals surface area contributed by atoms with E-state index < -0.39 is 0 Å². The Labute approximate surface area is 501 Å². The lowest BCUT2D eigenvalue weighted by Crippen LogP contribution is -2.37. The summed E-state index contributed by atoms with van der Waals surface area (Å²) in [6.45, 7) is 6.43. The first-order chi connectivity index (χ1) is 42.0. The first-order valence-electron chi connectivity index (χ1n) is 28.1. The summed E-state index contributed by atoms with van der Waals surface area (Å²) >= 11 is 0. The zero-order chi connectivity index (χ0) is 60.0. The number of carbonyl (C=O) groups excluding carboxylic acids is 2. The molecule has 4 amide bonds. The highest BCUT2D eigenvalue weighted by molar-refractivity contribution is 5.78. The summed E-state index contributed by atoms with van der Waals surface area (Å²) in [4.78, 5) is 45.6. The second-order valence-corrected chi connectivity index (χ2v) is 19.7. The number of amides is 4. The van der Waals surface area contributed by atoms with E-state index in [0.29, 0.717) is 45.7 Å². The SMILES string of the molecule is COc1ccc(-c2cc(C)nc(-c3cc(-c4ccc(OC)cc4)cc(CNC(=O)NCCOCCOc4ccccc4OCCOCCNC(=O)NCc4cc(-c5ccc(OC)cc5)cc(-c5cc(-c6ccc(OC)cc6)cc(C)n5)n4)n3)c2)cc1. The van der Waals surface area contributed by atoms with Crippen LogP contribution in [-0.2, 0) is 22.6 Å². The molecule has 0 atom stereocenters. The Kier molecular flexibility index (Phi) is 21.5. The molecule has 0 saturated heterocycles. The van der Waals surface area contributed by atoms with Gasteiger partial charge >= 0.3 is 12.1 Å². The molecule has 4 heterocycles. The fourth-order valence-electron chi connectivity index (χ4n) is 9.27. The van der Waals surface area contributed by atoms with Crippen LogP contribution in [0.4, 0.5) is 9.59 Å². The van der Waals surface area contributed by atoms with Gasteiger partial charge in [0.15, 0.2) is 11.5 Å². The first-order valence-corrected chi connectivity index (χ1v) is 28.1. The van der Waals surface area contributed by atoms with Crippen LogP contribution in [0.15, 0.2) is 170 Å². The Morgan fingerprint density at radius 2 is 0.663 bits per heavy atom. The van der Waals surface area contributed by atoms with Gasteiger partial charge in [0.1, 0.15) is 36.2 Å². The molecule has 0 radical (unpaired) electrons. The normalized spacial score (nSPS) is 10.9. The average Bonchev–Trinajstić information content (AvgIpc) is 2.76. The number of urea groups is 2. The Balaban J connectivity index is 0.684. The zero-order valence-corrected chi connectivity index (χ0v) is 49.1. The predicted octanol–water partition coefficient (Wildman–Crippen LogP) is 11.7. The molecular weight excluding hydrogens is 1090 g/mol. The molecule has 0 fully saturated rings. The smallest absolute Gasteiger partial charge is 0.315 e. The van der Waals surface area contributed by atoms with Crippen molar-refractivity contribution in [2.24, 2.45) is 0 Å². The van der Waals surface area contributed by atoms with E-state index in [1.807, 2.05) is 184 Å². The molecule has 4 N–H and O–H groups in total. The number of pyridine rings is 4. The van der Waals surface area contributed by atoms with E-state index in [1.54, 1.807) is 28.4 Å². The number of carbonyl (C=O) groups is 2. The maximum Gasteiger partial charge on any atom is 0.315 e. The summed E-state index contributed by atoms with van der Waals surface area (Å²) in [6.07, 6.45) is 0. The number of aromatic nitrogens is 4. The molecule has 0 spiro atoms. The summed E-state index contributed by atoms with van der Waals surface area (Å²) in [5.41, 5.74) is 13.6. The summed E-state index contributed by atoms with van der Waals surface area (Å²) in [6, 6.07) is 54.0. The van der Waals surface area contributed by atoms with Gasteiger partial charge in [0.05, 0.1) is 102 Å². The van der Waals surface area contributed by atoms with Crippen molar-refractivity contribution in [1.82, 2.24) is 41.2 Å². The van der Waals surface area contributed by atoms with Crippen molar-refractivity contribution in [2.45, 2.75) is 26.9 Å². The fourth-order valence-corrected chi connectivity index (χ4v) is 9.27. The van der Waals surface area contributed by atoms with Gasteiger partial charge in [0.25, 0.3) is 0 Å². The van der Waals surface area contributed by atoms with Gasteiger partial charge in [0, 0.05) is 24.5 Å². The number of hydrogen-bond acceptors (Lipinski definition) is 14. The lowest BCUT2D eigenvalue weighted by molar-refractivity contribution is 0.0933. The maximum absolute atomic E-state index is 13.0. The van der Waals surface area contributed by atoms with Crippen molar-refractivity contribution < 1.29 is 47.5 Å². The number of rotatable bonds is 28. The van der Waals surface area contributed by atoms with Gasteiger partial charge in [-0.15, -0.1) is 0 Å². The standard InChI is InChI=1S/C68H70N8O10/c1-45-35-51(47-11-19-57(79-3)20-12-47)39-61(73-45)63-41-53(49-15-23-59(81-5)24-16-49)37-55(75-63)43-71-67(77)69-27-29-83-31-33-85-65-9-7-8-10-66(65)86-34-32-84-30-28-70-68(78)72-44-56-38-54(50-17-25-60(82-6)26-18-50)42-64(76-56)62-40-52(36-46(2)74-62)48-13-21-58(80-4)22-14-48/h7-26,35-42H,27-34,43-44H2,1-6H3,(H2,69,71,77)(H2,70,72,78). The number of aryl methyl sites for hydroxylation is 2. The minimum atomic E-state index is -0.361. The highest BCUT2D eigenvalue weighted by Crippen LogP contribution is 2.33. The fraction of sp³-hybridized carbons (Fsp3) is 0.235. The molecule has 0 bridgehead atoms. The van der Waals surface area contributed by atoms with Crippen molar-refractivity contribution >= 4 is 12.1 Å². The van der Waals surface area contributed by atoms with Gasteiger partial charge < -0.3 is 59.2 Å². The van der Waals surface area contributed by atoms with Crippen LogP contribution in [0, 0.1) is 13.8 Å². The summed E-state index contributed by atoms with van der Waals surface area (Å²) in [7, 11) is 6.56. The third-order valence-corrected chi connectivity index (χ3v) is 13.6. The number of nitrogens with zero attached hydrogens (tertiary/aromatic N) is 4. The third-order valence-electron chi connectivity index (χ3n) is 13.6. The van der Waals surface area contributed by atoms with Crippen LogP contribution in [0.5, 0.6) is 34.5 Å². The molecule has 0 saturated carbocycles. The van der Waals surface area contributed by atoms with Gasteiger partial charge in [-0.2, -0.15) is 0 Å². The van der Waals surface area contributed by atoms with E-state index >= 15 is 0 Å². The molecule has 9 rings (SSSR count). The van der Waals surface area contributed by atoms with Gasteiger partial charge in [-0.3, -0.25) is 9.97 Å².